The van der Waals surface area contributed by atoms with E-state index < -0.39 is 0 Å². The Labute approximate surface area is 126 Å². The van der Waals surface area contributed by atoms with Crippen molar-refractivity contribution in [1.29, 1.82) is 0 Å². The Morgan fingerprint density at radius 2 is 2.47 bits per heavy atom. The van der Waals surface area contributed by atoms with Crippen molar-refractivity contribution in [2.24, 2.45) is 0 Å². The summed E-state index contributed by atoms with van der Waals surface area (Å²) >= 11 is 5.07. The Morgan fingerprint density at radius 3 is 3.11 bits per heavy atom. The molecule has 6 heteroatoms. The third kappa shape index (κ3) is 4.02. The minimum absolute atomic E-state index is 0.116. The summed E-state index contributed by atoms with van der Waals surface area (Å²) in [5, 5.41) is 11.3. The first-order chi connectivity index (χ1) is 9.10. The van der Waals surface area contributed by atoms with E-state index in [0.717, 1.165) is 23.9 Å². The van der Waals surface area contributed by atoms with Crippen LogP contribution in [0.3, 0.4) is 0 Å². The van der Waals surface area contributed by atoms with E-state index in [-0.39, 0.29) is 18.6 Å². The summed E-state index contributed by atoms with van der Waals surface area (Å²) in [7, 11) is 1.83. The molecule has 0 aromatic carbocycles. The summed E-state index contributed by atoms with van der Waals surface area (Å²) in [6.07, 6.45) is 2.06. The molecular weight excluding hydrogens is 328 g/mol. The van der Waals surface area contributed by atoms with Crippen LogP contribution in [0.5, 0.6) is 0 Å². The van der Waals surface area contributed by atoms with Crippen LogP contribution in [-0.2, 0) is 11.3 Å². The number of likely N-dealkylation sites (N-methyl/N-ethyl adjacent to an activating group) is 1. The van der Waals surface area contributed by atoms with Crippen LogP contribution in [-0.4, -0.2) is 53.6 Å². The van der Waals surface area contributed by atoms with Crippen LogP contribution in [0.2, 0.25) is 0 Å². The zero-order chi connectivity index (χ0) is 13.8. The van der Waals surface area contributed by atoms with Gasteiger partial charge < -0.3 is 10.0 Å². The first-order valence-corrected chi connectivity index (χ1v) is 8.09. The van der Waals surface area contributed by atoms with E-state index in [9.17, 15) is 9.90 Å². The number of halogens is 1. The van der Waals surface area contributed by atoms with Gasteiger partial charge in [-0.05, 0) is 41.4 Å². The van der Waals surface area contributed by atoms with Crippen molar-refractivity contribution in [3.63, 3.8) is 0 Å². The summed E-state index contributed by atoms with van der Waals surface area (Å²) in [4.78, 5) is 17.2. The molecular formula is C13H19BrN2O2S. The van der Waals surface area contributed by atoms with E-state index >= 15 is 0 Å². The highest BCUT2D eigenvalue weighted by Crippen LogP contribution is 2.21. The minimum Gasteiger partial charge on any atom is -0.395 e. The van der Waals surface area contributed by atoms with Gasteiger partial charge >= 0.3 is 0 Å². The van der Waals surface area contributed by atoms with E-state index in [0.29, 0.717) is 13.1 Å². The zero-order valence-corrected chi connectivity index (χ0v) is 13.4. The van der Waals surface area contributed by atoms with E-state index in [1.54, 1.807) is 16.2 Å². The highest BCUT2D eigenvalue weighted by molar-refractivity contribution is 9.10. The number of nitrogens with zero attached hydrogens (tertiary/aromatic N) is 2. The topological polar surface area (TPSA) is 43.8 Å². The van der Waals surface area contributed by atoms with Gasteiger partial charge in [0.15, 0.2) is 0 Å². The first kappa shape index (κ1) is 15.0. The number of aliphatic hydroxyl groups is 1. The molecule has 106 valence electrons. The maximum Gasteiger partial charge on any atom is 0.236 e. The Kier molecular flexibility index (Phi) is 5.38. The van der Waals surface area contributed by atoms with Gasteiger partial charge in [0.2, 0.25) is 5.91 Å². The van der Waals surface area contributed by atoms with Crippen LogP contribution < -0.4 is 0 Å². The molecule has 0 saturated carbocycles. The maximum atomic E-state index is 12.2. The van der Waals surface area contributed by atoms with E-state index in [2.05, 4.69) is 20.8 Å². The number of hydrogen-bond donors (Lipinski definition) is 1. The lowest BCUT2D eigenvalue weighted by molar-refractivity contribution is -0.132. The molecule has 1 aliphatic rings. The summed E-state index contributed by atoms with van der Waals surface area (Å²) < 4.78 is 1.06. The molecule has 1 aromatic rings. The molecule has 1 saturated heterocycles. The van der Waals surface area contributed by atoms with Crippen molar-refractivity contribution < 1.29 is 9.90 Å². The molecule has 0 bridgehead atoms. The number of aliphatic hydroxyl groups excluding tert-OH is 1. The molecule has 1 aliphatic heterocycles. The van der Waals surface area contributed by atoms with Crippen LogP contribution in [0, 0.1) is 0 Å². The molecule has 2 heterocycles. The average Bonchev–Trinajstić information content (AvgIpc) is 2.98. The van der Waals surface area contributed by atoms with Crippen molar-refractivity contribution in [2.75, 3.05) is 26.7 Å². The SMILES string of the molecule is CN(Cc1cc(Br)cs1)C(=O)CN1CCC[C@@H]1CO. The number of amides is 1. The molecule has 2 rings (SSSR count). The van der Waals surface area contributed by atoms with Gasteiger partial charge in [0.05, 0.1) is 19.7 Å². The average molecular weight is 347 g/mol. The quantitative estimate of drug-likeness (QED) is 0.885. The fourth-order valence-corrected chi connectivity index (χ4v) is 3.87. The maximum absolute atomic E-state index is 12.2. The molecule has 0 unspecified atom stereocenters. The van der Waals surface area contributed by atoms with Gasteiger partial charge in [-0.3, -0.25) is 9.69 Å². The summed E-state index contributed by atoms with van der Waals surface area (Å²) in [6.45, 7) is 2.12. The van der Waals surface area contributed by atoms with Crippen LogP contribution in [0.1, 0.15) is 17.7 Å². The van der Waals surface area contributed by atoms with E-state index in [1.807, 2.05) is 18.5 Å². The number of rotatable bonds is 5. The van der Waals surface area contributed by atoms with Gasteiger partial charge in [-0.1, -0.05) is 0 Å². The van der Waals surface area contributed by atoms with Gasteiger partial charge in [-0.25, -0.2) is 0 Å². The summed E-state index contributed by atoms with van der Waals surface area (Å²) in [6, 6.07) is 2.20. The lowest BCUT2D eigenvalue weighted by Gasteiger charge is -2.25. The molecule has 1 amide bonds. The summed E-state index contributed by atoms with van der Waals surface area (Å²) in [5.74, 6) is 0.116. The number of likely N-dealkylation sites (tertiary alicyclic amines) is 1. The van der Waals surface area contributed by atoms with E-state index in [4.69, 9.17) is 0 Å². The molecule has 1 N–H and O–H groups in total. The predicted molar refractivity (Wildman–Crippen MR) is 80.2 cm³/mol. The van der Waals surface area contributed by atoms with Crippen molar-refractivity contribution in [2.45, 2.75) is 25.4 Å². The zero-order valence-electron chi connectivity index (χ0n) is 11.0. The van der Waals surface area contributed by atoms with Gasteiger partial charge in [-0.2, -0.15) is 0 Å². The Morgan fingerprint density at radius 1 is 1.68 bits per heavy atom. The largest absolute Gasteiger partial charge is 0.395 e. The molecule has 4 nitrogen and oxygen atoms in total. The standard InChI is InChI=1S/C13H19BrN2O2S/c1-15(6-12-5-10(14)9-19-12)13(18)7-16-4-2-3-11(16)8-17/h5,9,11,17H,2-4,6-8H2,1H3/t11-/m1/s1. The predicted octanol–water partition coefficient (Wildman–Crippen LogP) is 1.93. The number of carbonyl (C=O) groups excluding carboxylic acids is 1. The molecule has 19 heavy (non-hydrogen) atoms. The second-order valence-corrected chi connectivity index (χ2v) is 6.84. The highest BCUT2D eigenvalue weighted by atomic mass is 79.9. The minimum atomic E-state index is 0.116. The van der Waals surface area contributed by atoms with Crippen molar-refractivity contribution in [3.8, 4) is 0 Å². The number of thiophene rings is 1. The molecule has 1 aromatic heterocycles. The van der Waals surface area contributed by atoms with Crippen LogP contribution in [0.15, 0.2) is 15.9 Å². The van der Waals surface area contributed by atoms with Gasteiger partial charge in [-0.15, -0.1) is 11.3 Å². The van der Waals surface area contributed by atoms with Gasteiger partial charge in [0.1, 0.15) is 0 Å². The second-order valence-electron chi connectivity index (χ2n) is 4.93. The normalized spacial score (nSPS) is 19.8. The van der Waals surface area contributed by atoms with Crippen LogP contribution in [0.4, 0.5) is 0 Å². The molecule has 0 spiro atoms. The lowest BCUT2D eigenvalue weighted by Crippen LogP contribution is -2.41. The smallest absolute Gasteiger partial charge is 0.236 e. The lowest BCUT2D eigenvalue weighted by atomic mass is 10.2. The van der Waals surface area contributed by atoms with Gasteiger partial charge in [0.25, 0.3) is 0 Å². The monoisotopic (exact) mass is 346 g/mol. The molecule has 0 aliphatic carbocycles. The number of carbonyl (C=O) groups is 1. The highest BCUT2D eigenvalue weighted by Gasteiger charge is 2.26. The Hall–Kier alpha value is -0.430. The van der Waals surface area contributed by atoms with Crippen molar-refractivity contribution >= 4 is 33.2 Å². The molecule has 0 radical (unpaired) electrons. The fraction of sp³-hybridized carbons (Fsp3) is 0.615. The van der Waals surface area contributed by atoms with Crippen LogP contribution >= 0.6 is 27.3 Å². The Bertz CT molecular complexity index is 438. The third-order valence-corrected chi connectivity index (χ3v) is 5.17. The van der Waals surface area contributed by atoms with E-state index in [1.165, 1.54) is 4.88 Å². The molecule has 1 atom stereocenters. The molecule has 1 fully saturated rings. The second kappa shape index (κ2) is 6.83. The number of hydrogen-bond acceptors (Lipinski definition) is 4. The Balaban J connectivity index is 1.85. The summed E-state index contributed by atoms with van der Waals surface area (Å²) in [5.41, 5.74) is 0. The fourth-order valence-electron chi connectivity index (χ4n) is 2.36. The van der Waals surface area contributed by atoms with Crippen LogP contribution in [0.25, 0.3) is 0 Å². The van der Waals surface area contributed by atoms with Crippen molar-refractivity contribution in [3.05, 3.63) is 20.8 Å². The van der Waals surface area contributed by atoms with Gasteiger partial charge in [0, 0.05) is 27.8 Å². The van der Waals surface area contributed by atoms with Crippen molar-refractivity contribution in [1.82, 2.24) is 9.80 Å². The third-order valence-electron chi connectivity index (χ3n) is 3.49. The first-order valence-electron chi connectivity index (χ1n) is 6.42.